The van der Waals surface area contributed by atoms with Crippen molar-refractivity contribution in [3.8, 4) is 10.8 Å². The van der Waals surface area contributed by atoms with Crippen LogP contribution in [0.25, 0.3) is 10.8 Å². The molecule has 0 aliphatic carbocycles. The molecule has 0 spiro atoms. The largest absolute Gasteiger partial charge is 0.462 e. The minimum Gasteiger partial charge on any atom is -0.462 e. The Morgan fingerprint density at radius 1 is 1.56 bits per heavy atom. The van der Waals surface area contributed by atoms with Crippen molar-refractivity contribution in [3.05, 3.63) is 29.5 Å². The van der Waals surface area contributed by atoms with Crippen molar-refractivity contribution in [3.63, 3.8) is 0 Å². The highest BCUT2D eigenvalue weighted by atomic mass is 32.1. The third-order valence-electron chi connectivity index (χ3n) is 2.63. The van der Waals surface area contributed by atoms with Gasteiger partial charge in [0.15, 0.2) is 10.8 Å². The Hall–Kier alpha value is -1.66. The monoisotopic (exact) mass is 264 g/mol. The second kappa shape index (κ2) is 4.91. The summed E-state index contributed by atoms with van der Waals surface area (Å²) >= 11 is 1.48. The number of nitrogens with zero attached hydrogens (tertiary/aromatic N) is 1. The standard InChI is InChI=1S/C12H12N2O3S/c15-11(13-9-5-16-6-9)4-8-7-18-12(14-8)10-2-1-3-17-10/h1-3,7,9H,4-6H2,(H,13,15). The average molecular weight is 264 g/mol. The first-order chi connectivity index (χ1) is 8.81. The quantitative estimate of drug-likeness (QED) is 0.908. The molecule has 2 aromatic heterocycles. The Morgan fingerprint density at radius 2 is 2.44 bits per heavy atom. The molecule has 3 rings (SSSR count). The molecule has 1 aliphatic heterocycles. The van der Waals surface area contributed by atoms with E-state index in [0.29, 0.717) is 19.6 Å². The summed E-state index contributed by atoms with van der Waals surface area (Å²) in [6.07, 6.45) is 1.91. The Labute approximate surface area is 108 Å². The molecule has 18 heavy (non-hydrogen) atoms. The van der Waals surface area contributed by atoms with Crippen molar-refractivity contribution < 1.29 is 13.9 Å². The molecule has 0 aromatic carbocycles. The number of aromatic nitrogens is 1. The Kier molecular flexibility index (Phi) is 3.12. The number of ether oxygens (including phenoxy) is 1. The molecule has 0 unspecified atom stereocenters. The predicted molar refractivity (Wildman–Crippen MR) is 66.3 cm³/mol. The lowest BCUT2D eigenvalue weighted by Crippen LogP contribution is -2.49. The molecule has 0 bridgehead atoms. The molecular weight excluding hydrogens is 252 g/mol. The lowest BCUT2D eigenvalue weighted by Gasteiger charge is -2.26. The van der Waals surface area contributed by atoms with Gasteiger partial charge < -0.3 is 14.5 Å². The van der Waals surface area contributed by atoms with E-state index in [2.05, 4.69) is 10.3 Å². The molecule has 94 valence electrons. The number of carbonyl (C=O) groups is 1. The summed E-state index contributed by atoms with van der Waals surface area (Å²) in [5.41, 5.74) is 0.768. The zero-order chi connectivity index (χ0) is 12.4. The van der Waals surface area contributed by atoms with Crippen molar-refractivity contribution in [1.82, 2.24) is 10.3 Å². The van der Waals surface area contributed by atoms with Gasteiger partial charge >= 0.3 is 0 Å². The maximum atomic E-state index is 11.7. The van der Waals surface area contributed by atoms with E-state index in [1.54, 1.807) is 6.26 Å². The normalized spacial score (nSPS) is 15.3. The number of rotatable bonds is 4. The van der Waals surface area contributed by atoms with E-state index in [-0.39, 0.29) is 11.9 Å². The maximum absolute atomic E-state index is 11.7. The van der Waals surface area contributed by atoms with Crippen LogP contribution in [0.5, 0.6) is 0 Å². The molecule has 0 atom stereocenters. The summed E-state index contributed by atoms with van der Waals surface area (Å²) in [5, 5.41) is 5.57. The van der Waals surface area contributed by atoms with Crippen LogP contribution in [0.2, 0.25) is 0 Å². The summed E-state index contributed by atoms with van der Waals surface area (Å²) in [4.78, 5) is 16.1. The highest BCUT2D eigenvalue weighted by molar-refractivity contribution is 7.13. The number of furan rings is 1. The molecular formula is C12H12N2O3S. The van der Waals surface area contributed by atoms with Crippen LogP contribution in [0, 0.1) is 0 Å². The first-order valence-corrected chi connectivity index (χ1v) is 6.54. The van der Waals surface area contributed by atoms with Crippen LogP contribution >= 0.6 is 11.3 Å². The minimum absolute atomic E-state index is 0.0143. The highest BCUT2D eigenvalue weighted by Gasteiger charge is 2.20. The third-order valence-corrected chi connectivity index (χ3v) is 3.53. The molecule has 1 aliphatic rings. The van der Waals surface area contributed by atoms with Gasteiger partial charge in [0.25, 0.3) is 0 Å². The zero-order valence-electron chi connectivity index (χ0n) is 9.59. The van der Waals surface area contributed by atoms with Gasteiger partial charge in [0.1, 0.15) is 0 Å². The van der Waals surface area contributed by atoms with Gasteiger partial charge in [-0.2, -0.15) is 0 Å². The SMILES string of the molecule is O=C(Cc1csc(-c2ccco2)n1)NC1COC1. The van der Waals surface area contributed by atoms with Crippen molar-refractivity contribution in [2.45, 2.75) is 12.5 Å². The van der Waals surface area contributed by atoms with Crippen LogP contribution in [0.3, 0.4) is 0 Å². The van der Waals surface area contributed by atoms with Crippen LogP contribution in [-0.4, -0.2) is 30.1 Å². The van der Waals surface area contributed by atoms with Crippen molar-refractivity contribution in [2.24, 2.45) is 0 Å². The van der Waals surface area contributed by atoms with Crippen LogP contribution in [0.15, 0.2) is 28.2 Å². The number of amides is 1. The van der Waals surface area contributed by atoms with E-state index in [4.69, 9.17) is 9.15 Å². The fourth-order valence-corrected chi connectivity index (χ4v) is 2.45. The molecule has 2 aromatic rings. The van der Waals surface area contributed by atoms with Crippen LogP contribution < -0.4 is 5.32 Å². The molecule has 6 heteroatoms. The Morgan fingerprint density at radius 3 is 3.11 bits per heavy atom. The summed E-state index contributed by atoms with van der Waals surface area (Å²) in [6, 6.07) is 3.84. The van der Waals surface area contributed by atoms with Crippen molar-refractivity contribution >= 4 is 17.2 Å². The van der Waals surface area contributed by atoms with Crippen molar-refractivity contribution in [1.29, 1.82) is 0 Å². The summed E-state index contributed by atoms with van der Waals surface area (Å²) < 4.78 is 10.3. The number of carbonyl (C=O) groups excluding carboxylic acids is 1. The van der Waals surface area contributed by atoms with Gasteiger partial charge in [-0.3, -0.25) is 4.79 Å². The van der Waals surface area contributed by atoms with Crippen LogP contribution in [-0.2, 0) is 16.0 Å². The summed E-state index contributed by atoms with van der Waals surface area (Å²) in [5.74, 6) is 0.721. The van der Waals surface area contributed by atoms with Crippen LogP contribution in [0.4, 0.5) is 0 Å². The van der Waals surface area contributed by atoms with Gasteiger partial charge in [0.05, 0.1) is 37.6 Å². The molecule has 1 saturated heterocycles. The third kappa shape index (κ3) is 2.44. The average Bonchev–Trinajstić information content (AvgIpc) is 2.92. The lowest BCUT2D eigenvalue weighted by molar-refractivity contribution is -0.124. The molecule has 1 fully saturated rings. The van der Waals surface area contributed by atoms with E-state index in [0.717, 1.165) is 16.5 Å². The van der Waals surface area contributed by atoms with E-state index in [1.807, 2.05) is 17.5 Å². The van der Waals surface area contributed by atoms with Gasteiger partial charge in [-0.1, -0.05) is 0 Å². The van der Waals surface area contributed by atoms with Gasteiger partial charge in [0.2, 0.25) is 5.91 Å². The number of hydrogen-bond acceptors (Lipinski definition) is 5. The first-order valence-electron chi connectivity index (χ1n) is 5.66. The van der Waals surface area contributed by atoms with E-state index >= 15 is 0 Å². The Balaban J connectivity index is 1.61. The maximum Gasteiger partial charge on any atom is 0.226 e. The number of hydrogen-bond donors (Lipinski definition) is 1. The molecule has 5 nitrogen and oxygen atoms in total. The number of thiazole rings is 1. The van der Waals surface area contributed by atoms with Gasteiger partial charge in [-0.05, 0) is 12.1 Å². The fraction of sp³-hybridized carbons (Fsp3) is 0.333. The van der Waals surface area contributed by atoms with Gasteiger partial charge in [-0.25, -0.2) is 4.98 Å². The molecule has 1 N–H and O–H groups in total. The fourth-order valence-electron chi connectivity index (χ4n) is 1.66. The van der Waals surface area contributed by atoms with E-state index < -0.39 is 0 Å². The molecule has 1 amide bonds. The highest BCUT2D eigenvalue weighted by Crippen LogP contribution is 2.24. The van der Waals surface area contributed by atoms with E-state index in [9.17, 15) is 4.79 Å². The van der Waals surface area contributed by atoms with Crippen molar-refractivity contribution in [2.75, 3.05) is 13.2 Å². The summed E-state index contributed by atoms with van der Waals surface area (Å²) in [7, 11) is 0. The topological polar surface area (TPSA) is 64.4 Å². The smallest absolute Gasteiger partial charge is 0.226 e. The lowest BCUT2D eigenvalue weighted by atomic mass is 10.2. The molecule has 0 radical (unpaired) electrons. The predicted octanol–water partition coefficient (Wildman–Crippen LogP) is 1.46. The number of nitrogens with one attached hydrogen (secondary N) is 1. The Bertz CT molecular complexity index is 531. The van der Waals surface area contributed by atoms with Gasteiger partial charge in [0, 0.05) is 5.38 Å². The second-order valence-corrected chi connectivity index (χ2v) is 4.96. The first kappa shape index (κ1) is 11.4. The van der Waals surface area contributed by atoms with E-state index in [1.165, 1.54) is 11.3 Å². The second-order valence-electron chi connectivity index (χ2n) is 4.10. The molecule has 3 heterocycles. The minimum atomic E-state index is -0.0143. The molecule has 0 saturated carbocycles. The van der Waals surface area contributed by atoms with Crippen LogP contribution in [0.1, 0.15) is 5.69 Å². The zero-order valence-corrected chi connectivity index (χ0v) is 10.4. The summed E-state index contributed by atoms with van der Waals surface area (Å²) in [6.45, 7) is 1.22. The van der Waals surface area contributed by atoms with Gasteiger partial charge in [-0.15, -0.1) is 11.3 Å².